The lowest BCUT2D eigenvalue weighted by molar-refractivity contribution is -0.121. The summed E-state index contributed by atoms with van der Waals surface area (Å²) in [6.07, 6.45) is 6.87. The molecule has 0 fully saturated rings. The SMILES string of the molecule is CCCCCCC(=O)NCc1ccn[nH]1. The third-order valence-electron chi connectivity index (χ3n) is 2.29. The largest absolute Gasteiger partial charge is 0.350 e. The number of unbranched alkanes of at least 4 members (excludes halogenated alkanes) is 3. The van der Waals surface area contributed by atoms with Crippen LogP contribution in [0.15, 0.2) is 12.3 Å². The second-order valence-corrected chi connectivity index (χ2v) is 3.67. The van der Waals surface area contributed by atoms with Crippen molar-refractivity contribution in [3.63, 3.8) is 0 Å². The lowest BCUT2D eigenvalue weighted by Gasteiger charge is -2.02. The third kappa shape index (κ3) is 5.20. The van der Waals surface area contributed by atoms with E-state index in [-0.39, 0.29) is 5.91 Å². The molecule has 0 radical (unpaired) electrons. The highest BCUT2D eigenvalue weighted by Crippen LogP contribution is 2.02. The third-order valence-corrected chi connectivity index (χ3v) is 2.29. The molecular formula is C11H19N3O. The fraction of sp³-hybridized carbons (Fsp3) is 0.636. The molecule has 84 valence electrons. The number of aromatic amines is 1. The van der Waals surface area contributed by atoms with Crippen molar-refractivity contribution < 1.29 is 4.79 Å². The van der Waals surface area contributed by atoms with Gasteiger partial charge in [0.05, 0.1) is 12.2 Å². The molecule has 0 spiro atoms. The van der Waals surface area contributed by atoms with Gasteiger partial charge in [0.25, 0.3) is 0 Å². The molecule has 0 aromatic carbocycles. The Morgan fingerprint density at radius 2 is 2.33 bits per heavy atom. The number of carbonyl (C=O) groups excluding carboxylic acids is 1. The molecule has 0 saturated heterocycles. The van der Waals surface area contributed by atoms with Gasteiger partial charge in [0.15, 0.2) is 0 Å². The number of carbonyl (C=O) groups is 1. The summed E-state index contributed by atoms with van der Waals surface area (Å²) in [5.74, 6) is 0.126. The van der Waals surface area contributed by atoms with E-state index in [0.717, 1.165) is 18.5 Å². The highest BCUT2D eigenvalue weighted by Gasteiger charge is 2.01. The lowest BCUT2D eigenvalue weighted by atomic mass is 10.1. The molecule has 0 unspecified atom stereocenters. The standard InChI is InChI=1S/C11H19N3O/c1-2-3-4-5-6-11(15)12-9-10-7-8-13-14-10/h7-8H,2-6,9H2,1H3,(H,12,15)(H,13,14). The Morgan fingerprint density at radius 1 is 1.47 bits per heavy atom. The molecule has 1 amide bonds. The molecule has 0 aliphatic carbocycles. The highest BCUT2D eigenvalue weighted by molar-refractivity contribution is 5.75. The molecule has 0 aliphatic rings. The maximum absolute atomic E-state index is 11.4. The first kappa shape index (κ1) is 11.8. The van der Waals surface area contributed by atoms with E-state index in [9.17, 15) is 4.79 Å². The minimum absolute atomic E-state index is 0.126. The molecule has 2 N–H and O–H groups in total. The van der Waals surface area contributed by atoms with Gasteiger partial charge in [0, 0.05) is 12.6 Å². The van der Waals surface area contributed by atoms with Crippen molar-refractivity contribution in [3.8, 4) is 0 Å². The number of nitrogens with zero attached hydrogens (tertiary/aromatic N) is 1. The normalized spacial score (nSPS) is 10.2. The Hall–Kier alpha value is -1.32. The van der Waals surface area contributed by atoms with Gasteiger partial charge in [-0.25, -0.2) is 0 Å². The summed E-state index contributed by atoms with van der Waals surface area (Å²) >= 11 is 0. The topological polar surface area (TPSA) is 57.8 Å². The molecule has 1 aromatic rings. The quantitative estimate of drug-likeness (QED) is 0.675. The van der Waals surface area contributed by atoms with Crippen molar-refractivity contribution in [1.29, 1.82) is 0 Å². The minimum atomic E-state index is 0.126. The first-order chi connectivity index (χ1) is 7.33. The van der Waals surface area contributed by atoms with Gasteiger partial charge < -0.3 is 5.32 Å². The average molecular weight is 209 g/mol. The molecule has 4 nitrogen and oxygen atoms in total. The number of H-pyrrole nitrogens is 1. The highest BCUT2D eigenvalue weighted by atomic mass is 16.1. The Kier molecular flexibility index (Phi) is 5.51. The average Bonchev–Trinajstić information content (AvgIpc) is 2.74. The fourth-order valence-electron chi connectivity index (χ4n) is 1.38. The second-order valence-electron chi connectivity index (χ2n) is 3.67. The van der Waals surface area contributed by atoms with Crippen molar-refractivity contribution in [2.45, 2.75) is 45.6 Å². The summed E-state index contributed by atoms with van der Waals surface area (Å²) in [7, 11) is 0. The fourth-order valence-corrected chi connectivity index (χ4v) is 1.38. The zero-order valence-corrected chi connectivity index (χ0v) is 9.25. The van der Waals surface area contributed by atoms with Crippen LogP contribution in [0, 0.1) is 0 Å². The summed E-state index contributed by atoms with van der Waals surface area (Å²) < 4.78 is 0. The summed E-state index contributed by atoms with van der Waals surface area (Å²) in [5, 5.41) is 9.47. The second kappa shape index (κ2) is 7.04. The molecule has 1 aromatic heterocycles. The molecule has 1 rings (SSSR count). The van der Waals surface area contributed by atoms with E-state index in [1.165, 1.54) is 12.8 Å². The number of amides is 1. The van der Waals surface area contributed by atoms with Crippen molar-refractivity contribution in [3.05, 3.63) is 18.0 Å². The van der Waals surface area contributed by atoms with Crippen LogP contribution in [0.1, 0.15) is 44.7 Å². The van der Waals surface area contributed by atoms with Crippen molar-refractivity contribution >= 4 is 5.91 Å². The molecule has 0 saturated carbocycles. The smallest absolute Gasteiger partial charge is 0.220 e. The Morgan fingerprint density at radius 3 is 3.00 bits per heavy atom. The molecule has 0 atom stereocenters. The van der Waals surface area contributed by atoms with Gasteiger partial charge in [-0.2, -0.15) is 5.10 Å². The van der Waals surface area contributed by atoms with E-state index < -0.39 is 0 Å². The van der Waals surface area contributed by atoms with E-state index >= 15 is 0 Å². The van der Waals surface area contributed by atoms with Crippen LogP contribution < -0.4 is 5.32 Å². The summed E-state index contributed by atoms with van der Waals surface area (Å²) in [6, 6.07) is 1.86. The zero-order valence-electron chi connectivity index (χ0n) is 9.25. The summed E-state index contributed by atoms with van der Waals surface area (Å²) in [5.41, 5.74) is 0.942. The predicted octanol–water partition coefficient (Wildman–Crippen LogP) is 2.00. The van der Waals surface area contributed by atoms with Crippen LogP contribution in [0.4, 0.5) is 0 Å². The van der Waals surface area contributed by atoms with Crippen LogP contribution in [-0.4, -0.2) is 16.1 Å². The van der Waals surface area contributed by atoms with E-state index in [1.807, 2.05) is 6.07 Å². The maximum Gasteiger partial charge on any atom is 0.220 e. The molecule has 0 bridgehead atoms. The van der Waals surface area contributed by atoms with Crippen LogP contribution >= 0.6 is 0 Å². The van der Waals surface area contributed by atoms with E-state index in [2.05, 4.69) is 22.4 Å². The molecule has 4 heteroatoms. The van der Waals surface area contributed by atoms with E-state index in [4.69, 9.17) is 0 Å². The van der Waals surface area contributed by atoms with Gasteiger partial charge in [-0.05, 0) is 12.5 Å². The molecule has 15 heavy (non-hydrogen) atoms. The molecule has 0 aliphatic heterocycles. The van der Waals surface area contributed by atoms with Crippen LogP contribution in [0.25, 0.3) is 0 Å². The van der Waals surface area contributed by atoms with E-state index in [1.54, 1.807) is 6.20 Å². The number of rotatable bonds is 7. The van der Waals surface area contributed by atoms with Crippen molar-refractivity contribution in [2.24, 2.45) is 0 Å². The number of hydrogen-bond acceptors (Lipinski definition) is 2. The van der Waals surface area contributed by atoms with Crippen molar-refractivity contribution in [2.75, 3.05) is 0 Å². The van der Waals surface area contributed by atoms with Gasteiger partial charge in [0.2, 0.25) is 5.91 Å². The van der Waals surface area contributed by atoms with Crippen LogP contribution in [0.5, 0.6) is 0 Å². The Balaban J connectivity index is 2.04. The van der Waals surface area contributed by atoms with Crippen LogP contribution in [0.3, 0.4) is 0 Å². The first-order valence-corrected chi connectivity index (χ1v) is 5.58. The Bertz CT molecular complexity index is 269. The molecule has 1 heterocycles. The van der Waals surface area contributed by atoms with E-state index in [0.29, 0.717) is 13.0 Å². The zero-order chi connectivity index (χ0) is 10.9. The first-order valence-electron chi connectivity index (χ1n) is 5.58. The summed E-state index contributed by atoms with van der Waals surface area (Å²) in [6.45, 7) is 2.71. The van der Waals surface area contributed by atoms with Crippen molar-refractivity contribution in [1.82, 2.24) is 15.5 Å². The predicted molar refractivity (Wildman–Crippen MR) is 59.2 cm³/mol. The number of nitrogens with one attached hydrogen (secondary N) is 2. The number of aromatic nitrogens is 2. The number of hydrogen-bond donors (Lipinski definition) is 2. The van der Waals surface area contributed by atoms with Gasteiger partial charge >= 0.3 is 0 Å². The van der Waals surface area contributed by atoms with Gasteiger partial charge in [-0.15, -0.1) is 0 Å². The maximum atomic E-state index is 11.4. The van der Waals surface area contributed by atoms with Gasteiger partial charge in [0.1, 0.15) is 0 Å². The van der Waals surface area contributed by atoms with Gasteiger partial charge in [-0.3, -0.25) is 9.89 Å². The molecular weight excluding hydrogens is 190 g/mol. The summed E-state index contributed by atoms with van der Waals surface area (Å²) in [4.78, 5) is 11.4. The monoisotopic (exact) mass is 209 g/mol. The lowest BCUT2D eigenvalue weighted by Crippen LogP contribution is -2.22. The minimum Gasteiger partial charge on any atom is -0.350 e. The van der Waals surface area contributed by atoms with Gasteiger partial charge in [-0.1, -0.05) is 26.2 Å². The Labute approximate surface area is 90.5 Å². The van der Waals surface area contributed by atoms with Crippen LogP contribution in [0.2, 0.25) is 0 Å². The van der Waals surface area contributed by atoms with Crippen LogP contribution in [-0.2, 0) is 11.3 Å².